The van der Waals surface area contributed by atoms with Crippen LogP contribution in [0.4, 0.5) is 16.0 Å². The van der Waals surface area contributed by atoms with Crippen molar-refractivity contribution < 1.29 is 4.39 Å². The fourth-order valence-corrected chi connectivity index (χ4v) is 2.19. The largest absolute Gasteiger partial charge is 0.358 e. The Morgan fingerprint density at radius 3 is 2.64 bits per heavy atom. The number of halogens is 1. The van der Waals surface area contributed by atoms with Gasteiger partial charge in [0.25, 0.3) is 0 Å². The van der Waals surface area contributed by atoms with Gasteiger partial charge in [0.15, 0.2) is 23.1 Å². The van der Waals surface area contributed by atoms with Gasteiger partial charge in [-0.2, -0.15) is 5.26 Å². The summed E-state index contributed by atoms with van der Waals surface area (Å²) in [5.74, 6) is 1.30. The number of amidine groups is 1. The lowest BCUT2D eigenvalue weighted by Gasteiger charge is -2.14. The molecule has 1 aliphatic heterocycles. The minimum absolute atomic E-state index is 0.139. The molecule has 0 spiro atoms. The van der Waals surface area contributed by atoms with Crippen LogP contribution in [0.1, 0.15) is 31.4 Å². The lowest BCUT2D eigenvalue weighted by molar-refractivity contribution is 0.604. The van der Waals surface area contributed by atoms with Gasteiger partial charge >= 0.3 is 0 Å². The molecule has 9 heteroatoms. The molecular weight excluding hydrogens is 323 g/mol. The summed E-state index contributed by atoms with van der Waals surface area (Å²) in [4.78, 5) is 20.6. The van der Waals surface area contributed by atoms with Crippen LogP contribution >= 0.6 is 0 Å². The molecule has 1 aliphatic rings. The first kappa shape index (κ1) is 16.4. The van der Waals surface area contributed by atoms with Crippen LogP contribution in [0.2, 0.25) is 0 Å². The molecule has 2 N–H and O–H groups in total. The van der Waals surface area contributed by atoms with Crippen molar-refractivity contribution in [3.63, 3.8) is 0 Å². The van der Waals surface area contributed by atoms with Gasteiger partial charge in [0.1, 0.15) is 17.7 Å². The SMILES string of the molecule is CC1=CC(Nc2cnc(C#N)c(N[C@@H](C)c3ncc(F)cn3)n2)=NC1. The smallest absolute Gasteiger partial charge is 0.183 e. The quantitative estimate of drug-likeness (QED) is 0.879. The molecule has 25 heavy (non-hydrogen) atoms. The number of aliphatic imine (C=N–C) groups is 1. The normalized spacial score (nSPS) is 14.3. The van der Waals surface area contributed by atoms with Crippen LogP contribution in [0.15, 0.2) is 35.2 Å². The van der Waals surface area contributed by atoms with E-state index >= 15 is 0 Å². The van der Waals surface area contributed by atoms with Gasteiger partial charge in [-0.05, 0) is 25.5 Å². The second-order valence-corrected chi connectivity index (χ2v) is 5.51. The monoisotopic (exact) mass is 338 g/mol. The summed E-state index contributed by atoms with van der Waals surface area (Å²) in [5.41, 5.74) is 1.28. The Hall–Kier alpha value is -3.41. The van der Waals surface area contributed by atoms with E-state index in [1.165, 1.54) is 6.20 Å². The number of nitrogens with zero attached hydrogens (tertiary/aromatic N) is 6. The zero-order valence-corrected chi connectivity index (χ0v) is 13.7. The van der Waals surface area contributed by atoms with Gasteiger partial charge in [-0.15, -0.1) is 0 Å². The van der Waals surface area contributed by atoms with E-state index in [0.29, 0.717) is 24.0 Å². The molecule has 0 bridgehead atoms. The van der Waals surface area contributed by atoms with Gasteiger partial charge in [-0.3, -0.25) is 4.99 Å². The average molecular weight is 338 g/mol. The average Bonchev–Trinajstić information content (AvgIpc) is 3.00. The topological polar surface area (TPSA) is 112 Å². The molecule has 0 unspecified atom stereocenters. The van der Waals surface area contributed by atoms with Crippen molar-refractivity contribution in [1.29, 1.82) is 5.26 Å². The van der Waals surface area contributed by atoms with Crippen LogP contribution in [-0.4, -0.2) is 32.3 Å². The summed E-state index contributed by atoms with van der Waals surface area (Å²) >= 11 is 0. The first-order valence-electron chi connectivity index (χ1n) is 7.55. The Morgan fingerprint density at radius 2 is 2.00 bits per heavy atom. The Kier molecular flexibility index (Phi) is 4.61. The predicted octanol–water partition coefficient (Wildman–Crippen LogP) is 2.22. The van der Waals surface area contributed by atoms with E-state index in [2.05, 4.69) is 35.6 Å². The van der Waals surface area contributed by atoms with E-state index in [1.807, 2.05) is 19.1 Å². The Balaban J connectivity index is 1.80. The van der Waals surface area contributed by atoms with Gasteiger partial charge in [0.2, 0.25) is 0 Å². The highest BCUT2D eigenvalue weighted by Gasteiger charge is 2.15. The van der Waals surface area contributed by atoms with Crippen molar-refractivity contribution in [2.24, 2.45) is 4.99 Å². The minimum Gasteiger partial charge on any atom is -0.358 e. The van der Waals surface area contributed by atoms with E-state index in [1.54, 1.807) is 6.92 Å². The number of rotatable bonds is 4. The summed E-state index contributed by atoms with van der Waals surface area (Å²) < 4.78 is 12.9. The maximum absolute atomic E-state index is 12.9. The van der Waals surface area contributed by atoms with E-state index in [0.717, 1.165) is 18.0 Å². The second-order valence-electron chi connectivity index (χ2n) is 5.51. The summed E-state index contributed by atoms with van der Waals surface area (Å²) in [6, 6.07) is 1.60. The molecular formula is C16H15FN8. The molecule has 0 radical (unpaired) electrons. The number of hydrogen-bond donors (Lipinski definition) is 2. The Morgan fingerprint density at radius 1 is 1.24 bits per heavy atom. The highest BCUT2D eigenvalue weighted by molar-refractivity contribution is 6.05. The van der Waals surface area contributed by atoms with E-state index in [4.69, 9.17) is 0 Å². The van der Waals surface area contributed by atoms with Crippen LogP contribution < -0.4 is 10.6 Å². The first-order valence-corrected chi connectivity index (χ1v) is 7.55. The molecule has 2 aromatic heterocycles. The Labute approximate surface area is 143 Å². The highest BCUT2D eigenvalue weighted by atomic mass is 19.1. The standard InChI is InChI=1S/C16H15FN8/c1-9-3-13(20-5-9)24-14-8-19-12(4-18)16(25-14)23-10(2)15-21-6-11(17)7-22-15/h3,6-8,10H,5H2,1-2H3,(H2,20,23,24,25)/t10-/m0/s1. The van der Waals surface area contributed by atoms with E-state index in [-0.39, 0.29) is 17.6 Å². The number of nitrogens with one attached hydrogen (secondary N) is 2. The summed E-state index contributed by atoms with van der Waals surface area (Å²) in [6.07, 6.45) is 5.55. The van der Waals surface area contributed by atoms with Crippen molar-refractivity contribution in [2.75, 3.05) is 17.2 Å². The molecule has 0 saturated heterocycles. The lowest BCUT2D eigenvalue weighted by atomic mass is 10.3. The zero-order valence-electron chi connectivity index (χ0n) is 13.7. The lowest BCUT2D eigenvalue weighted by Crippen LogP contribution is -2.15. The fraction of sp³-hybridized carbons (Fsp3) is 0.250. The van der Waals surface area contributed by atoms with Crippen LogP contribution in [0.25, 0.3) is 0 Å². The van der Waals surface area contributed by atoms with Crippen LogP contribution in [-0.2, 0) is 0 Å². The van der Waals surface area contributed by atoms with E-state index < -0.39 is 5.82 Å². The maximum Gasteiger partial charge on any atom is 0.183 e. The number of nitriles is 1. The first-order chi connectivity index (χ1) is 12.0. The van der Waals surface area contributed by atoms with Crippen molar-refractivity contribution >= 4 is 17.5 Å². The van der Waals surface area contributed by atoms with Crippen LogP contribution in [0.3, 0.4) is 0 Å². The highest BCUT2D eigenvalue weighted by Crippen LogP contribution is 2.19. The van der Waals surface area contributed by atoms with E-state index in [9.17, 15) is 9.65 Å². The van der Waals surface area contributed by atoms with Crippen molar-refractivity contribution in [3.8, 4) is 6.07 Å². The minimum atomic E-state index is -0.514. The molecule has 0 aliphatic carbocycles. The molecule has 8 nitrogen and oxygen atoms in total. The van der Waals surface area contributed by atoms with Crippen LogP contribution in [0.5, 0.6) is 0 Å². The van der Waals surface area contributed by atoms with Crippen molar-refractivity contribution in [2.45, 2.75) is 19.9 Å². The summed E-state index contributed by atoms with van der Waals surface area (Å²) in [5, 5.41) is 15.3. The molecule has 0 saturated carbocycles. The second kappa shape index (κ2) is 7.00. The molecule has 3 heterocycles. The molecule has 2 aromatic rings. The van der Waals surface area contributed by atoms with Gasteiger partial charge in [0, 0.05) is 0 Å². The third-order valence-electron chi connectivity index (χ3n) is 3.40. The third kappa shape index (κ3) is 3.92. The van der Waals surface area contributed by atoms with Crippen molar-refractivity contribution in [1.82, 2.24) is 19.9 Å². The number of aromatic nitrogens is 4. The molecule has 0 fully saturated rings. The maximum atomic E-state index is 12.9. The molecule has 1 atom stereocenters. The van der Waals surface area contributed by atoms with Crippen molar-refractivity contribution in [3.05, 3.63) is 47.6 Å². The fourth-order valence-electron chi connectivity index (χ4n) is 2.19. The summed E-state index contributed by atoms with van der Waals surface area (Å²) in [6.45, 7) is 4.42. The van der Waals surface area contributed by atoms with Gasteiger partial charge in [0.05, 0.1) is 31.2 Å². The molecule has 0 aromatic carbocycles. The van der Waals surface area contributed by atoms with Crippen LogP contribution in [0, 0.1) is 17.1 Å². The third-order valence-corrected chi connectivity index (χ3v) is 3.40. The van der Waals surface area contributed by atoms with Gasteiger partial charge in [-0.1, -0.05) is 0 Å². The van der Waals surface area contributed by atoms with Gasteiger partial charge < -0.3 is 10.6 Å². The number of anilines is 2. The zero-order chi connectivity index (χ0) is 17.8. The number of hydrogen-bond acceptors (Lipinski definition) is 8. The molecule has 0 amide bonds. The van der Waals surface area contributed by atoms with Gasteiger partial charge in [-0.25, -0.2) is 24.3 Å². The summed E-state index contributed by atoms with van der Waals surface area (Å²) in [7, 11) is 0. The molecule has 126 valence electrons. The predicted molar refractivity (Wildman–Crippen MR) is 90.5 cm³/mol. The molecule has 3 rings (SSSR count). The Bertz CT molecular complexity index is 882.